The van der Waals surface area contributed by atoms with Crippen molar-refractivity contribution in [3.05, 3.63) is 64.8 Å². The molecule has 0 saturated carbocycles. The Hall–Kier alpha value is -3.08. The highest BCUT2D eigenvalue weighted by molar-refractivity contribution is 6.05. The van der Waals surface area contributed by atoms with Gasteiger partial charge >= 0.3 is 5.97 Å². The number of carbonyl (C=O) groups is 1. The SMILES string of the molecule is O=C(OCc1ccc2c(c1)OCO2)c1c2c(nc3ccccc13)CCCC2. The quantitative estimate of drug-likeness (QED) is 0.655. The highest BCUT2D eigenvalue weighted by Gasteiger charge is 2.23. The van der Waals surface area contributed by atoms with Crippen molar-refractivity contribution < 1.29 is 19.0 Å². The number of aryl methyl sites for hydroxylation is 1. The summed E-state index contributed by atoms with van der Waals surface area (Å²) in [5, 5.41) is 0.869. The Kier molecular flexibility index (Phi) is 3.93. The molecule has 0 saturated heterocycles. The molecule has 5 heteroatoms. The molecular formula is C22H19NO4. The molecule has 2 aliphatic rings. The summed E-state index contributed by atoms with van der Waals surface area (Å²) in [5.41, 5.74) is 4.50. The van der Waals surface area contributed by atoms with E-state index >= 15 is 0 Å². The van der Waals surface area contributed by atoms with Crippen LogP contribution in [-0.2, 0) is 24.2 Å². The van der Waals surface area contributed by atoms with Gasteiger partial charge in [0.05, 0.1) is 11.1 Å². The fraction of sp³-hybridized carbons (Fsp3) is 0.273. The van der Waals surface area contributed by atoms with Crippen molar-refractivity contribution in [3.8, 4) is 11.5 Å². The lowest BCUT2D eigenvalue weighted by Crippen LogP contribution is -2.15. The number of nitrogens with zero attached hydrogens (tertiary/aromatic N) is 1. The van der Waals surface area contributed by atoms with Crippen molar-refractivity contribution in [3.63, 3.8) is 0 Å². The van der Waals surface area contributed by atoms with Crippen molar-refractivity contribution in [2.45, 2.75) is 32.3 Å². The molecule has 1 aliphatic heterocycles. The fourth-order valence-electron chi connectivity index (χ4n) is 3.86. The van der Waals surface area contributed by atoms with Crippen LogP contribution in [0.3, 0.4) is 0 Å². The van der Waals surface area contributed by atoms with E-state index in [1.807, 2.05) is 42.5 Å². The number of ether oxygens (including phenoxy) is 3. The Labute approximate surface area is 156 Å². The number of esters is 1. The average molecular weight is 361 g/mol. The predicted octanol–water partition coefficient (Wildman–Crippen LogP) is 4.20. The lowest BCUT2D eigenvalue weighted by molar-refractivity contribution is 0.0473. The van der Waals surface area contributed by atoms with Crippen LogP contribution in [0.5, 0.6) is 11.5 Å². The number of benzene rings is 2. The van der Waals surface area contributed by atoms with Crippen molar-refractivity contribution in [1.29, 1.82) is 0 Å². The first-order chi connectivity index (χ1) is 13.3. The third-order valence-electron chi connectivity index (χ3n) is 5.18. The number of carbonyl (C=O) groups excluding carboxylic acids is 1. The second-order valence-electron chi connectivity index (χ2n) is 6.90. The first kappa shape index (κ1) is 16.1. The van der Waals surface area contributed by atoms with Gasteiger partial charge < -0.3 is 14.2 Å². The molecule has 0 unspecified atom stereocenters. The molecule has 136 valence electrons. The fourth-order valence-corrected chi connectivity index (χ4v) is 3.86. The van der Waals surface area contributed by atoms with Crippen LogP contribution in [0.4, 0.5) is 0 Å². The van der Waals surface area contributed by atoms with Gasteiger partial charge in [-0.2, -0.15) is 0 Å². The average Bonchev–Trinajstić information content (AvgIpc) is 3.18. The predicted molar refractivity (Wildman–Crippen MR) is 100 cm³/mol. The summed E-state index contributed by atoms with van der Waals surface area (Å²) in [6, 6.07) is 13.4. The minimum atomic E-state index is -0.288. The second kappa shape index (κ2) is 6.58. The Morgan fingerprint density at radius 3 is 2.85 bits per heavy atom. The summed E-state index contributed by atoms with van der Waals surface area (Å²) >= 11 is 0. The maximum Gasteiger partial charge on any atom is 0.339 e. The summed E-state index contributed by atoms with van der Waals surface area (Å²) < 4.78 is 16.4. The van der Waals surface area contributed by atoms with Crippen molar-refractivity contribution in [2.24, 2.45) is 0 Å². The van der Waals surface area contributed by atoms with Gasteiger partial charge in [-0.1, -0.05) is 24.3 Å². The Morgan fingerprint density at radius 2 is 1.89 bits per heavy atom. The van der Waals surface area contributed by atoms with E-state index in [1.54, 1.807) is 0 Å². The largest absolute Gasteiger partial charge is 0.457 e. The maximum atomic E-state index is 13.0. The number of para-hydroxylation sites is 1. The summed E-state index contributed by atoms with van der Waals surface area (Å²) in [7, 11) is 0. The molecule has 0 amide bonds. The number of fused-ring (bicyclic) bond motifs is 3. The Bertz CT molecular complexity index is 1040. The molecule has 27 heavy (non-hydrogen) atoms. The van der Waals surface area contributed by atoms with Gasteiger partial charge in [0, 0.05) is 11.1 Å². The number of pyridine rings is 1. The van der Waals surface area contributed by atoms with Crippen LogP contribution in [0.25, 0.3) is 10.9 Å². The van der Waals surface area contributed by atoms with Crippen LogP contribution in [0, 0.1) is 0 Å². The third kappa shape index (κ3) is 2.89. The van der Waals surface area contributed by atoms with Crippen molar-refractivity contribution >= 4 is 16.9 Å². The number of aromatic nitrogens is 1. The summed E-state index contributed by atoms with van der Waals surface area (Å²) in [6.45, 7) is 0.425. The molecule has 0 atom stereocenters. The lowest BCUT2D eigenvalue weighted by Gasteiger charge is -2.20. The van der Waals surface area contributed by atoms with Crippen molar-refractivity contribution in [2.75, 3.05) is 6.79 Å². The molecule has 1 aliphatic carbocycles. The van der Waals surface area contributed by atoms with Gasteiger partial charge in [-0.15, -0.1) is 0 Å². The number of hydrogen-bond acceptors (Lipinski definition) is 5. The number of hydrogen-bond donors (Lipinski definition) is 0. The van der Waals surface area contributed by atoms with E-state index in [9.17, 15) is 4.79 Å². The zero-order valence-electron chi connectivity index (χ0n) is 14.9. The summed E-state index contributed by atoms with van der Waals surface area (Å²) in [5.74, 6) is 1.12. The van der Waals surface area contributed by atoms with E-state index in [4.69, 9.17) is 19.2 Å². The van der Waals surface area contributed by atoms with Gasteiger partial charge in [0.15, 0.2) is 11.5 Å². The minimum absolute atomic E-state index is 0.195. The third-order valence-corrected chi connectivity index (χ3v) is 5.18. The van der Waals surface area contributed by atoms with E-state index in [2.05, 4.69) is 0 Å². The van der Waals surface area contributed by atoms with Gasteiger partial charge in [0.25, 0.3) is 0 Å². The van der Waals surface area contributed by atoms with E-state index in [1.165, 1.54) is 0 Å². The first-order valence-corrected chi connectivity index (χ1v) is 9.26. The van der Waals surface area contributed by atoms with Gasteiger partial charge in [-0.25, -0.2) is 4.79 Å². The van der Waals surface area contributed by atoms with Gasteiger partial charge in [0.1, 0.15) is 6.61 Å². The van der Waals surface area contributed by atoms with E-state index in [0.29, 0.717) is 11.3 Å². The maximum absolute atomic E-state index is 13.0. The molecular weight excluding hydrogens is 342 g/mol. The molecule has 0 radical (unpaired) electrons. The van der Waals surface area contributed by atoms with Crippen LogP contribution in [0.15, 0.2) is 42.5 Å². The van der Waals surface area contributed by atoms with E-state index in [0.717, 1.165) is 59.2 Å². The molecule has 5 rings (SSSR count). The summed E-state index contributed by atoms with van der Waals surface area (Å²) in [4.78, 5) is 17.8. The molecule has 2 heterocycles. The molecule has 1 aromatic heterocycles. The van der Waals surface area contributed by atoms with E-state index in [-0.39, 0.29) is 19.4 Å². The van der Waals surface area contributed by atoms with Crippen LogP contribution in [-0.4, -0.2) is 17.7 Å². The van der Waals surface area contributed by atoms with Gasteiger partial charge in [-0.3, -0.25) is 4.98 Å². The van der Waals surface area contributed by atoms with Gasteiger partial charge in [0.2, 0.25) is 6.79 Å². The lowest BCUT2D eigenvalue weighted by atomic mass is 9.90. The molecule has 0 N–H and O–H groups in total. The normalized spacial score (nSPS) is 14.8. The molecule has 5 nitrogen and oxygen atoms in total. The zero-order valence-corrected chi connectivity index (χ0v) is 14.9. The molecule has 0 spiro atoms. The zero-order chi connectivity index (χ0) is 18.2. The summed E-state index contributed by atoms with van der Waals surface area (Å²) in [6.07, 6.45) is 3.99. The van der Waals surface area contributed by atoms with Crippen LogP contribution >= 0.6 is 0 Å². The first-order valence-electron chi connectivity index (χ1n) is 9.26. The second-order valence-corrected chi connectivity index (χ2v) is 6.90. The van der Waals surface area contributed by atoms with Crippen LogP contribution in [0.1, 0.15) is 40.0 Å². The standard InChI is InChI=1S/C22H19NO4/c24-22(25-12-14-9-10-19-20(11-14)27-13-26-19)21-15-5-1-3-7-17(15)23-18-8-4-2-6-16(18)21/h1,3,5,7,9-11H,2,4,6,8,12-13H2. The van der Waals surface area contributed by atoms with E-state index < -0.39 is 0 Å². The van der Waals surface area contributed by atoms with Gasteiger partial charge in [-0.05, 0) is 55.0 Å². The van der Waals surface area contributed by atoms with Crippen molar-refractivity contribution in [1.82, 2.24) is 4.98 Å². The molecule has 0 bridgehead atoms. The highest BCUT2D eigenvalue weighted by Crippen LogP contribution is 2.33. The Balaban J connectivity index is 1.46. The monoisotopic (exact) mass is 361 g/mol. The minimum Gasteiger partial charge on any atom is -0.457 e. The number of rotatable bonds is 3. The molecule has 3 aromatic rings. The Morgan fingerprint density at radius 1 is 1.04 bits per heavy atom. The topological polar surface area (TPSA) is 57.7 Å². The smallest absolute Gasteiger partial charge is 0.339 e. The van der Waals surface area contributed by atoms with Crippen LogP contribution < -0.4 is 9.47 Å². The van der Waals surface area contributed by atoms with Crippen LogP contribution in [0.2, 0.25) is 0 Å². The molecule has 2 aromatic carbocycles. The molecule has 0 fully saturated rings. The highest BCUT2D eigenvalue weighted by atomic mass is 16.7.